The number of H-pyrrole nitrogens is 1. The third-order valence-electron chi connectivity index (χ3n) is 1.91. The van der Waals surface area contributed by atoms with E-state index in [0.717, 1.165) is 4.70 Å². The number of aromatic nitrogens is 1. The number of nitrogens with one attached hydrogen (secondary N) is 1. The van der Waals surface area contributed by atoms with E-state index in [2.05, 4.69) is 9.11 Å². The number of methoxy groups -OCH3 is 1. The summed E-state index contributed by atoms with van der Waals surface area (Å²) in [5.74, 6) is -0.487. The van der Waals surface area contributed by atoms with Crippen LogP contribution in [0.25, 0.3) is 10.1 Å². The Morgan fingerprint density at radius 2 is 2.29 bits per heavy atom. The highest BCUT2D eigenvalue weighted by atomic mass is 32.1. The summed E-state index contributed by atoms with van der Waals surface area (Å²) < 4.78 is 7.92. The van der Waals surface area contributed by atoms with Crippen LogP contribution in [0, 0.1) is 0 Å². The molecule has 72 valence electrons. The van der Waals surface area contributed by atoms with Crippen molar-refractivity contribution in [1.82, 2.24) is 4.37 Å². The highest BCUT2D eigenvalue weighted by Crippen LogP contribution is 2.18. The van der Waals surface area contributed by atoms with Crippen molar-refractivity contribution in [2.45, 2.75) is 0 Å². The van der Waals surface area contributed by atoms with Gasteiger partial charge in [-0.1, -0.05) is 17.6 Å². The van der Waals surface area contributed by atoms with Crippen molar-refractivity contribution in [3.05, 3.63) is 34.1 Å². The van der Waals surface area contributed by atoms with Crippen LogP contribution in [0.1, 0.15) is 10.4 Å². The molecule has 1 aromatic heterocycles. The Hall–Kier alpha value is -1.62. The molecule has 1 N–H and O–H groups in total. The second-order valence-corrected chi connectivity index (χ2v) is 3.55. The Morgan fingerprint density at radius 1 is 1.50 bits per heavy atom. The van der Waals surface area contributed by atoms with Crippen molar-refractivity contribution >= 4 is 27.6 Å². The number of carbonyl (C=O) groups is 1. The molecule has 0 atom stereocenters. The largest absolute Gasteiger partial charge is 0.465 e. The van der Waals surface area contributed by atoms with Crippen molar-refractivity contribution in [2.24, 2.45) is 0 Å². The fourth-order valence-corrected chi connectivity index (χ4v) is 2.04. The Labute approximate surface area is 83.3 Å². The van der Waals surface area contributed by atoms with Gasteiger partial charge in [-0.15, -0.1) is 0 Å². The molecule has 4 nitrogen and oxygen atoms in total. The summed E-state index contributed by atoms with van der Waals surface area (Å²) in [6.45, 7) is 0. The molecule has 2 aromatic rings. The third kappa shape index (κ3) is 1.22. The fourth-order valence-electron chi connectivity index (χ4n) is 1.28. The Balaban J connectivity index is 2.82. The predicted octanol–water partition coefficient (Wildman–Crippen LogP) is 1.38. The summed E-state index contributed by atoms with van der Waals surface area (Å²) in [7, 11) is 1.29. The molecule has 5 heteroatoms. The SMILES string of the molecule is COC(=O)c1cccc2s[nH]c(=O)c12. The van der Waals surface area contributed by atoms with Crippen molar-refractivity contribution in [3.8, 4) is 0 Å². The van der Waals surface area contributed by atoms with Crippen LogP contribution < -0.4 is 5.56 Å². The van der Waals surface area contributed by atoms with E-state index in [1.807, 2.05) is 0 Å². The van der Waals surface area contributed by atoms with Gasteiger partial charge >= 0.3 is 5.97 Å². The van der Waals surface area contributed by atoms with Gasteiger partial charge in [0.2, 0.25) is 0 Å². The summed E-state index contributed by atoms with van der Waals surface area (Å²) in [5.41, 5.74) is 0.0681. The van der Waals surface area contributed by atoms with E-state index in [1.54, 1.807) is 18.2 Å². The molecule has 0 saturated heterocycles. The van der Waals surface area contributed by atoms with Crippen molar-refractivity contribution in [3.63, 3.8) is 0 Å². The van der Waals surface area contributed by atoms with Crippen LogP contribution >= 0.6 is 11.5 Å². The Morgan fingerprint density at radius 3 is 3.00 bits per heavy atom. The zero-order chi connectivity index (χ0) is 10.1. The van der Waals surface area contributed by atoms with Gasteiger partial charge in [0.1, 0.15) is 0 Å². The number of fused-ring (bicyclic) bond motifs is 1. The zero-order valence-electron chi connectivity index (χ0n) is 7.37. The van der Waals surface area contributed by atoms with E-state index in [4.69, 9.17) is 0 Å². The molecule has 0 aliphatic carbocycles. The average Bonchev–Trinajstić information content (AvgIpc) is 2.59. The summed E-state index contributed by atoms with van der Waals surface area (Å²) in [5, 5.41) is 0.407. The maximum absolute atomic E-state index is 11.4. The van der Waals surface area contributed by atoms with Gasteiger partial charge in [-0.25, -0.2) is 4.79 Å². The van der Waals surface area contributed by atoms with Crippen LogP contribution in [0.5, 0.6) is 0 Å². The van der Waals surface area contributed by atoms with Crippen LogP contribution in [0.4, 0.5) is 0 Å². The van der Waals surface area contributed by atoms with Crippen molar-refractivity contribution < 1.29 is 9.53 Å². The second kappa shape index (κ2) is 3.26. The van der Waals surface area contributed by atoms with Gasteiger partial charge in [-0.2, -0.15) is 0 Å². The molecule has 0 radical (unpaired) electrons. The molecule has 0 spiro atoms. The first-order chi connectivity index (χ1) is 6.74. The zero-order valence-corrected chi connectivity index (χ0v) is 8.18. The topological polar surface area (TPSA) is 59.2 Å². The van der Waals surface area contributed by atoms with Crippen LogP contribution in [-0.2, 0) is 4.74 Å². The van der Waals surface area contributed by atoms with Crippen LogP contribution in [-0.4, -0.2) is 17.5 Å². The number of aromatic amines is 1. The maximum atomic E-state index is 11.4. The molecule has 1 heterocycles. The van der Waals surface area contributed by atoms with E-state index in [9.17, 15) is 9.59 Å². The van der Waals surface area contributed by atoms with Gasteiger partial charge in [-0.3, -0.25) is 9.17 Å². The van der Waals surface area contributed by atoms with Crippen LogP contribution in [0.3, 0.4) is 0 Å². The first-order valence-corrected chi connectivity index (χ1v) is 4.74. The lowest BCUT2D eigenvalue weighted by Gasteiger charge is -1.98. The van der Waals surface area contributed by atoms with Gasteiger partial charge in [0.15, 0.2) is 0 Å². The smallest absolute Gasteiger partial charge is 0.338 e. The van der Waals surface area contributed by atoms with E-state index in [1.165, 1.54) is 18.6 Å². The molecule has 0 amide bonds. The summed E-state index contributed by atoms with van der Waals surface area (Å²) >= 11 is 1.21. The number of hydrogen-bond donors (Lipinski definition) is 1. The van der Waals surface area contributed by atoms with Crippen LogP contribution in [0.2, 0.25) is 0 Å². The van der Waals surface area contributed by atoms with Gasteiger partial charge in [-0.05, 0) is 12.1 Å². The molecular weight excluding hydrogens is 202 g/mol. The number of esters is 1. The predicted molar refractivity (Wildman–Crippen MR) is 53.8 cm³/mol. The molecule has 2 rings (SSSR count). The second-order valence-electron chi connectivity index (χ2n) is 2.70. The number of rotatable bonds is 1. The van der Waals surface area contributed by atoms with Crippen LogP contribution in [0.15, 0.2) is 23.0 Å². The number of carbonyl (C=O) groups excluding carboxylic acids is 1. The first-order valence-electron chi connectivity index (χ1n) is 3.92. The van der Waals surface area contributed by atoms with E-state index >= 15 is 0 Å². The summed E-state index contributed by atoms with van der Waals surface area (Å²) in [6, 6.07) is 5.08. The summed E-state index contributed by atoms with van der Waals surface area (Å²) in [4.78, 5) is 22.7. The minimum atomic E-state index is -0.487. The first kappa shape index (κ1) is 8.96. The molecule has 0 bridgehead atoms. The Kier molecular flexibility index (Phi) is 2.09. The van der Waals surface area contributed by atoms with E-state index in [0.29, 0.717) is 10.9 Å². The molecule has 0 saturated carbocycles. The van der Waals surface area contributed by atoms with E-state index < -0.39 is 5.97 Å². The molecule has 0 aliphatic rings. The van der Waals surface area contributed by atoms with Crippen molar-refractivity contribution in [1.29, 1.82) is 0 Å². The van der Waals surface area contributed by atoms with Gasteiger partial charge in [0.25, 0.3) is 5.56 Å². The molecule has 14 heavy (non-hydrogen) atoms. The lowest BCUT2D eigenvalue weighted by atomic mass is 10.1. The normalized spacial score (nSPS) is 10.4. The lowest BCUT2D eigenvalue weighted by Crippen LogP contribution is -2.07. The number of benzene rings is 1. The van der Waals surface area contributed by atoms with Crippen molar-refractivity contribution in [2.75, 3.05) is 7.11 Å². The summed E-state index contributed by atoms with van der Waals surface area (Å²) in [6.07, 6.45) is 0. The fraction of sp³-hybridized carbons (Fsp3) is 0.111. The molecule has 0 fully saturated rings. The highest BCUT2D eigenvalue weighted by molar-refractivity contribution is 7.13. The molecule has 1 aromatic carbocycles. The molecular formula is C9H7NO3S. The quantitative estimate of drug-likeness (QED) is 0.722. The third-order valence-corrected chi connectivity index (χ3v) is 2.76. The van der Waals surface area contributed by atoms with Gasteiger partial charge in [0, 0.05) is 0 Å². The standard InChI is InChI=1S/C9H7NO3S/c1-13-9(12)5-3-2-4-6-7(5)8(11)10-14-6/h2-4H,1H3,(H,10,11). The van der Waals surface area contributed by atoms with E-state index in [-0.39, 0.29) is 5.56 Å². The highest BCUT2D eigenvalue weighted by Gasteiger charge is 2.13. The molecule has 0 unspecified atom stereocenters. The lowest BCUT2D eigenvalue weighted by molar-refractivity contribution is 0.0603. The number of hydrogen-bond acceptors (Lipinski definition) is 4. The molecule has 0 aliphatic heterocycles. The monoisotopic (exact) mass is 209 g/mol. The van der Waals surface area contributed by atoms with Gasteiger partial charge in [0.05, 0.1) is 22.8 Å². The Bertz CT molecular complexity index is 540. The van der Waals surface area contributed by atoms with Gasteiger partial charge < -0.3 is 4.74 Å². The maximum Gasteiger partial charge on any atom is 0.338 e. The minimum absolute atomic E-state index is 0.244. The minimum Gasteiger partial charge on any atom is -0.465 e. The number of ether oxygens (including phenoxy) is 1. The average molecular weight is 209 g/mol.